The van der Waals surface area contributed by atoms with Gasteiger partial charge in [-0.2, -0.15) is 0 Å². The van der Waals surface area contributed by atoms with Gasteiger partial charge in [0.05, 0.1) is 5.41 Å². The van der Waals surface area contributed by atoms with Gasteiger partial charge in [0.1, 0.15) is 12.6 Å². The van der Waals surface area contributed by atoms with E-state index in [1.54, 1.807) is 0 Å². The average Bonchev–Trinajstić information content (AvgIpc) is 1.84. The zero-order chi connectivity index (χ0) is 10.9. The Morgan fingerprint density at radius 1 is 0.692 bits per heavy atom. The van der Waals surface area contributed by atoms with Crippen LogP contribution in [0, 0.1) is 16.2 Å². The molecule has 0 fully saturated rings. The molecule has 0 aromatic carbocycles. The Labute approximate surface area is 80.7 Å². The summed E-state index contributed by atoms with van der Waals surface area (Å²) in [7, 11) is 0. The summed E-state index contributed by atoms with van der Waals surface area (Å²) in [4.78, 5) is 22.2. The quantitative estimate of drug-likeness (QED) is 0.488. The number of carbonyl (C=O) groups excluding carboxylic acids is 2. The predicted octanol–water partition coefficient (Wildman–Crippen LogP) is 2.46. The molecule has 0 bridgehead atoms. The van der Waals surface area contributed by atoms with Crippen molar-refractivity contribution in [3.63, 3.8) is 0 Å². The van der Waals surface area contributed by atoms with Gasteiger partial charge in [0.25, 0.3) is 0 Å². The van der Waals surface area contributed by atoms with Gasteiger partial charge in [-0.05, 0) is 10.8 Å². The molecule has 0 atom stereocenters. The number of carbonyl (C=O) groups is 2. The Hall–Kier alpha value is -0.660. The summed E-state index contributed by atoms with van der Waals surface area (Å²) in [6.45, 7) is 11.5. The molecule has 0 aliphatic rings. The number of aldehydes is 2. The fourth-order valence-electron chi connectivity index (χ4n) is 1.86. The van der Waals surface area contributed by atoms with Crippen LogP contribution in [0.1, 0.15) is 41.5 Å². The summed E-state index contributed by atoms with van der Waals surface area (Å²) in [5, 5.41) is 0. The summed E-state index contributed by atoms with van der Waals surface area (Å²) >= 11 is 0. The first-order chi connectivity index (χ1) is 5.62. The molecule has 13 heavy (non-hydrogen) atoms. The zero-order valence-corrected chi connectivity index (χ0v) is 9.47. The van der Waals surface area contributed by atoms with Gasteiger partial charge in [0.15, 0.2) is 0 Å². The van der Waals surface area contributed by atoms with E-state index in [0.717, 1.165) is 12.6 Å². The van der Waals surface area contributed by atoms with E-state index >= 15 is 0 Å². The lowest BCUT2D eigenvalue weighted by Crippen LogP contribution is -2.49. The monoisotopic (exact) mass is 184 g/mol. The molecule has 0 N–H and O–H groups in total. The third kappa shape index (κ3) is 1.82. The smallest absolute Gasteiger partial charge is 0.134 e. The van der Waals surface area contributed by atoms with Crippen molar-refractivity contribution < 1.29 is 9.59 Å². The van der Waals surface area contributed by atoms with Gasteiger partial charge in [0, 0.05) is 0 Å². The summed E-state index contributed by atoms with van der Waals surface area (Å²) in [5.41, 5.74) is -1.58. The molecule has 76 valence electrons. The first-order valence-corrected chi connectivity index (χ1v) is 4.55. The van der Waals surface area contributed by atoms with E-state index in [2.05, 4.69) is 0 Å². The minimum absolute atomic E-state index is 0.339. The standard InChI is InChI=1S/C11H20O2/c1-9(2,3)11(7-12,8-13)10(4,5)6/h7-8H,1-6H3. The highest BCUT2D eigenvalue weighted by atomic mass is 16.1. The van der Waals surface area contributed by atoms with Crippen LogP contribution in [0.15, 0.2) is 0 Å². The molecule has 0 unspecified atom stereocenters. The van der Waals surface area contributed by atoms with E-state index < -0.39 is 5.41 Å². The molecular weight excluding hydrogens is 164 g/mol. The fraction of sp³-hybridized carbons (Fsp3) is 0.818. The normalized spacial score (nSPS) is 14.0. The van der Waals surface area contributed by atoms with Crippen LogP contribution in [-0.2, 0) is 9.59 Å². The van der Waals surface area contributed by atoms with Crippen molar-refractivity contribution in [1.29, 1.82) is 0 Å². The molecular formula is C11H20O2. The molecule has 2 heteroatoms. The molecule has 0 saturated heterocycles. The van der Waals surface area contributed by atoms with Gasteiger partial charge in [0.2, 0.25) is 0 Å². The van der Waals surface area contributed by atoms with Crippen molar-refractivity contribution in [2.75, 3.05) is 0 Å². The van der Waals surface area contributed by atoms with Crippen LogP contribution in [0.5, 0.6) is 0 Å². The molecule has 0 saturated carbocycles. The lowest BCUT2D eigenvalue weighted by molar-refractivity contribution is -0.143. The van der Waals surface area contributed by atoms with Crippen molar-refractivity contribution in [2.45, 2.75) is 41.5 Å². The second kappa shape index (κ2) is 3.24. The fourth-order valence-corrected chi connectivity index (χ4v) is 1.86. The first kappa shape index (κ1) is 12.3. The second-order valence-corrected chi connectivity index (χ2v) is 5.60. The van der Waals surface area contributed by atoms with E-state index in [1.807, 2.05) is 41.5 Å². The third-order valence-electron chi connectivity index (χ3n) is 2.85. The topological polar surface area (TPSA) is 34.1 Å². The maximum atomic E-state index is 11.1. The lowest BCUT2D eigenvalue weighted by Gasteiger charge is -2.45. The van der Waals surface area contributed by atoms with E-state index in [-0.39, 0.29) is 10.8 Å². The number of rotatable bonds is 2. The molecule has 0 aliphatic heterocycles. The van der Waals surface area contributed by atoms with Crippen LogP contribution >= 0.6 is 0 Å². The number of hydrogen-bond donors (Lipinski definition) is 0. The highest BCUT2D eigenvalue weighted by Crippen LogP contribution is 2.48. The van der Waals surface area contributed by atoms with Crippen LogP contribution in [0.3, 0.4) is 0 Å². The second-order valence-electron chi connectivity index (χ2n) is 5.60. The molecule has 0 aromatic heterocycles. The highest BCUT2D eigenvalue weighted by molar-refractivity contribution is 5.86. The van der Waals surface area contributed by atoms with Crippen LogP contribution < -0.4 is 0 Å². The minimum atomic E-state index is -0.903. The van der Waals surface area contributed by atoms with Gasteiger partial charge in [-0.1, -0.05) is 41.5 Å². The van der Waals surface area contributed by atoms with E-state index in [0.29, 0.717) is 0 Å². The van der Waals surface area contributed by atoms with E-state index in [1.165, 1.54) is 0 Å². The van der Waals surface area contributed by atoms with Crippen molar-refractivity contribution in [2.24, 2.45) is 16.2 Å². The van der Waals surface area contributed by atoms with Gasteiger partial charge >= 0.3 is 0 Å². The molecule has 0 radical (unpaired) electrons. The van der Waals surface area contributed by atoms with Crippen LogP contribution in [0.4, 0.5) is 0 Å². The SMILES string of the molecule is CC(C)(C)C(C=O)(C=O)C(C)(C)C. The molecule has 0 heterocycles. The van der Waals surface area contributed by atoms with Crippen molar-refractivity contribution >= 4 is 12.6 Å². The summed E-state index contributed by atoms with van der Waals surface area (Å²) in [6, 6.07) is 0. The van der Waals surface area contributed by atoms with E-state index in [4.69, 9.17) is 0 Å². The zero-order valence-electron chi connectivity index (χ0n) is 9.47. The molecule has 0 aromatic rings. The Morgan fingerprint density at radius 2 is 0.923 bits per heavy atom. The van der Waals surface area contributed by atoms with Gasteiger partial charge in [-0.3, -0.25) is 0 Å². The molecule has 0 spiro atoms. The minimum Gasteiger partial charge on any atom is -0.302 e. The highest BCUT2D eigenvalue weighted by Gasteiger charge is 2.50. The molecule has 0 rings (SSSR count). The molecule has 0 aliphatic carbocycles. The summed E-state index contributed by atoms with van der Waals surface area (Å²) in [5.74, 6) is 0. The third-order valence-corrected chi connectivity index (χ3v) is 2.85. The van der Waals surface area contributed by atoms with E-state index in [9.17, 15) is 9.59 Å². The Balaban J connectivity index is 5.43. The van der Waals surface area contributed by atoms with Gasteiger partial charge in [-0.25, -0.2) is 0 Å². The van der Waals surface area contributed by atoms with Gasteiger partial charge in [-0.15, -0.1) is 0 Å². The van der Waals surface area contributed by atoms with Crippen LogP contribution in [0.2, 0.25) is 0 Å². The maximum Gasteiger partial charge on any atom is 0.134 e. The molecule has 2 nitrogen and oxygen atoms in total. The van der Waals surface area contributed by atoms with Crippen molar-refractivity contribution in [3.05, 3.63) is 0 Å². The van der Waals surface area contributed by atoms with Crippen LogP contribution in [-0.4, -0.2) is 12.6 Å². The Kier molecular flexibility index (Phi) is 3.08. The largest absolute Gasteiger partial charge is 0.302 e. The summed E-state index contributed by atoms with van der Waals surface area (Å²) < 4.78 is 0. The van der Waals surface area contributed by atoms with Crippen molar-refractivity contribution in [1.82, 2.24) is 0 Å². The number of hydrogen-bond acceptors (Lipinski definition) is 2. The predicted molar refractivity (Wildman–Crippen MR) is 53.5 cm³/mol. The maximum absolute atomic E-state index is 11.1. The van der Waals surface area contributed by atoms with Crippen molar-refractivity contribution in [3.8, 4) is 0 Å². The average molecular weight is 184 g/mol. The summed E-state index contributed by atoms with van der Waals surface area (Å²) in [6.07, 6.45) is 1.58. The Bertz CT molecular complexity index is 179. The first-order valence-electron chi connectivity index (χ1n) is 4.55. The lowest BCUT2D eigenvalue weighted by atomic mass is 9.56. The Morgan fingerprint density at radius 3 is 0.923 bits per heavy atom. The molecule has 0 amide bonds. The van der Waals surface area contributed by atoms with Crippen LogP contribution in [0.25, 0.3) is 0 Å². The van der Waals surface area contributed by atoms with Gasteiger partial charge < -0.3 is 9.59 Å².